The van der Waals surface area contributed by atoms with Crippen molar-refractivity contribution in [2.45, 2.75) is 19.9 Å². The largest absolute Gasteiger partial charge is 0.507 e. The first kappa shape index (κ1) is 23.3. The van der Waals surface area contributed by atoms with E-state index >= 15 is 0 Å². The molecule has 0 aromatic heterocycles. The number of nitrogens with zero attached hydrogens (tertiary/aromatic N) is 2. The van der Waals surface area contributed by atoms with E-state index in [1.54, 1.807) is 36.4 Å². The van der Waals surface area contributed by atoms with Gasteiger partial charge in [0.2, 0.25) is 0 Å². The van der Waals surface area contributed by atoms with Crippen molar-refractivity contribution in [3.63, 3.8) is 0 Å². The van der Waals surface area contributed by atoms with Gasteiger partial charge in [0.1, 0.15) is 5.76 Å². The van der Waals surface area contributed by atoms with Gasteiger partial charge >= 0.3 is 0 Å². The van der Waals surface area contributed by atoms with Gasteiger partial charge in [-0.2, -0.15) is 0 Å². The number of carbonyl (C=O) groups is 2. The maximum Gasteiger partial charge on any atom is 0.295 e. The van der Waals surface area contributed by atoms with Crippen LogP contribution in [0.4, 0.5) is 0 Å². The lowest BCUT2D eigenvalue weighted by molar-refractivity contribution is -0.140. The fourth-order valence-corrected chi connectivity index (χ4v) is 3.75. The number of likely N-dealkylation sites (N-methyl/N-ethyl adjacent to an activating group) is 1. The maximum atomic E-state index is 13.1. The first-order valence-corrected chi connectivity index (χ1v) is 10.8. The van der Waals surface area contributed by atoms with Crippen molar-refractivity contribution in [1.29, 1.82) is 0 Å². The number of Topliss-reactive ketones (excluding diaryl/α,β-unsaturated/α-hetero) is 1. The zero-order chi connectivity index (χ0) is 23.3. The molecule has 1 fully saturated rings. The second-order valence-electron chi connectivity index (χ2n) is 7.73. The van der Waals surface area contributed by atoms with E-state index in [0.29, 0.717) is 48.9 Å². The summed E-state index contributed by atoms with van der Waals surface area (Å²) in [5, 5.41) is 11.1. The molecule has 1 N–H and O–H groups in total. The number of amides is 1. The Balaban J connectivity index is 2.16. The van der Waals surface area contributed by atoms with Crippen LogP contribution in [0.3, 0.4) is 0 Å². The topological polar surface area (TPSA) is 79.3 Å². The second kappa shape index (κ2) is 10.3. The molecule has 32 heavy (non-hydrogen) atoms. The van der Waals surface area contributed by atoms with Crippen molar-refractivity contribution in [1.82, 2.24) is 9.80 Å². The van der Waals surface area contributed by atoms with Crippen LogP contribution >= 0.6 is 0 Å². The van der Waals surface area contributed by atoms with Crippen LogP contribution in [0.1, 0.15) is 31.0 Å². The molecule has 1 unspecified atom stereocenters. The number of benzene rings is 2. The third-order valence-electron chi connectivity index (χ3n) is 5.26. The third kappa shape index (κ3) is 4.78. The molecule has 0 saturated carbocycles. The average molecular weight is 439 g/mol. The first-order chi connectivity index (χ1) is 15.4. The number of hydrogen-bond acceptors (Lipinski definition) is 6. The number of ether oxygens (including phenoxy) is 2. The van der Waals surface area contributed by atoms with Gasteiger partial charge in [-0.15, -0.1) is 0 Å². The zero-order valence-electron chi connectivity index (χ0n) is 19.0. The summed E-state index contributed by atoms with van der Waals surface area (Å²) in [7, 11) is 3.80. The fourth-order valence-electron chi connectivity index (χ4n) is 3.75. The minimum atomic E-state index is -0.731. The molecule has 1 aliphatic heterocycles. The van der Waals surface area contributed by atoms with Crippen LogP contribution in [0.15, 0.2) is 54.1 Å². The Labute approximate surface area is 188 Å². The van der Waals surface area contributed by atoms with Crippen LogP contribution in [0, 0.1) is 0 Å². The molecule has 1 saturated heterocycles. The van der Waals surface area contributed by atoms with E-state index in [1.807, 2.05) is 45.0 Å². The van der Waals surface area contributed by atoms with E-state index < -0.39 is 17.7 Å². The lowest BCUT2D eigenvalue weighted by atomic mass is 9.95. The molecule has 0 aliphatic carbocycles. The number of aliphatic hydroxyl groups excluding tert-OH is 1. The Hall–Kier alpha value is -3.32. The molecule has 1 atom stereocenters. The van der Waals surface area contributed by atoms with Gasteiger partial charge in [-0.05, 0) is 45.6 Å². The van der Waals surface area contributed by atoms with E-state index in [2.05, 4.69) is 0 Å². The quantitative estimate of drug-likeness (QED) is 0.367. The van der Waals surface area contributed by atoms with Crippen LogP contribution in [0.25, 0.3) is 5.76 Å². The molecule has 0 radical (unpaired) electrons. The Morgan fingerprint density at radius 3 is 2.28 bits per heavy atom. The molecular weight excluding hydrogens is 408 g/mol. The molecule has 1 amide bonds. The number of ketones is 1. The van der Waals surface area contributed by atoms with Gasteiger partial charge in [0.05, 0.1) is 24.8 Å². The molecule has 1 aliphatic rings. The molecule has 2 aromatic carbocycles. The number of carbonyl (C=O) groups excluding carboxylic acids is 2. The van der Waals surface area contributed by atoms with Gasteiger partial charge in [-0.1, -0.05) is 36.4 Å². The molecule has 7 nitrogen and oxygen atoms in total. The molecular formula is C25H30N2O5. The van der Waals surface area contributed by atoms with Gasteiger partial charge in [0, 0.05) is 18.7 Å². The van der Waals surface area contributed by atoms with E-state index in [1.165, 1.54) is 4.90 Å². The van der Waals surface area contributed by atoms with Crippen LogP contribution in [-0.2, 0) is 9.59 Å². The average Bonchev–Trinajstić information content (AvgIpc) is 3.04. The molecule has 0 bridgehead atoms. The number of hydrogen-bond donors (Lipinski definition) is 1. The molecule has 7 heteroatoms. The monoisotopic (exact) mass is 438 g/mol. The summed E-state index contributed by atoms with van der Waals surface area (Å²) in [5.74, 6) is -0.382. The predicted molar refractivity (Wildman–Crippen MR) is 123 cm³/mol. The Bertz CT molecular complexity index is 1000. The minimum absolute atomic E-state index is 0.0755. The summed E-state index contributed by atoms with van der Waals surface area (Å²) in [6.45, 7) is 5.60. The first-order valence-electron chi connectivity index (χ1n) is 10.8. The number of likely N-dealkylation sites (tertiary alicyclic amines) is 1. The van der Waals surface area contributed by atoms with Crippen LogP contribution in [0.5, 0.6) is 11.5 Å². The highest BCUT2D eigenvalue weighted by molar-refractivity contribution is 6.46. The Morgan fingerprint density at radius 2 is 1.66 bits per heavy atom. The summed E-state index contributed by atoms with van der Waals surface area (Å²) < 4.78 is 11.4. The summed E-state index contributed by atoms with van der Waals surface area (Å²) in [4.78, 5) is 29.5. The smallest absolute Gasteiger partial charge is 0.295 e. The van der Waals surface area contributed by atoms with E-state index in [4.69, 9.17) is 9.47 Å². The fraction of sp³-hybridized carbons (Fsp3) is 0.360. The predicted octanol–water partition coefficient (Wildman–Crippen LogP) is 3.47. The molecule has 3 rings (SSSR count). The van der Waals surface area contributed by atoms with Crippen LogP contribution in [0.2, 0.25) is 0 Å². The minimum Gasteiger partial charge on any atom is -0.507 e. The summed E-state index contributed by atoms with van der Waals surface area (Å²) in [6.07, 6.45) is 0. The molecule has 0 spiro atoms. The highest BCUT2D eigenvalue weighted by Crippen LogP contribution is 2.41. The lowest BCUT2D eigenvalue weighted by Gasteiger charge is -2.27. The van der Waals surface area contributed by atoms with Crippen LogP contribution < -0.4 is 9.47 Å². The summed E-state index contributed by atoms with van der Waals surface area (Å²) >= 11 is 0. The van der Waals surface area contributed by atoms with Gasteiger partial charge in [-0.25, -0.2) is 0 Å². The number of rotatable bonds is 9. The zero-order valence-corrected chi connectivity index (χ0v) is 19.0. The highest BCUT2D eigenvalue weighted by Gasteiger charge is 2.46. The van der Waals surface area contributed by atoms with Crippen molar-refractivity contribution >= 4 is 17.4 Å². The van der Waals surface area contributed by atoms with Crippen molar-refractivity contribution in [2.24, 2.45) is 0 Å². The lowest BCUT2D eigenvalue weighted by Crippen LogP contribution is -2.35. The van der Waals surface area contributed by atoms with E-state index in [-0.39, 0.29) is 11.3 Å². The van der Waals surface area contributed by atoms with Gasteiger partial charge in [0.15, 0.2) is 11.5 Å². The van der Waals surface area contributed by atoms with Crippen molar-refractivity contribution in [3.05, 3.63) is 65.2 Å². The molecule has 170 valence electrons. The van der Waals surface area contributed by atoms with Gasteiger partial charge < -0.3 is 24.4 Å². The maximum absolute atomic E-state index is 13.1. The highest BCUT2D eigenvalue weighted by atomic mass is 16.5. The second-order valence-corrected chi connectivity index (χ2v) is 7.73. The Kier molecular flexibility index (Phi) is 7.53. The third-order valence-corrected chi connectivity index (χ3v) is 5.26. The van der Waals surface area contributed by atoms with E-state index in [9.17, 15) is 14.7 Å². The van der Waals surface area contributed by atoms with Crippen molar-refractivity contribution in [3.8, 4) is 11.5 Å². The molecule has 1 heterocycles. The van der Waals surface area contributed by atoms with Gasteiger partial charge in [0.25, 0.3) is 11.7 Å². The van der Waals surface area contributed by atoms with Crippen molar-refractivity contribution < 1.29 is 24.2 Å². The normalized spacial score (nSPS) is 17.8. The Morgan fingerprint density at radius 1 is 1.00 bits per heavy atom. The van der Waals surface area contributed by atoms with Crippen LogP contribution in [-0.4, -0.2) is 67.0 Å². The summed E-state index contributed by atoms with van der Waals surface area (Å²) in [5.41, 5.74) is 1.23. The van der Waals surface area contributed by atoms with E-state index in [0.717, 1.165) is 0 Å². The van der Waals surface area contributed by atoms with Gasteiger partial charge in [-0.3, -0.25) is 9.59 Å². The molecule has 2 aromatic rings. The SMILES string of the molecule is CCOc1ccc(C2/C(=C(\O)c3ccccc3)C(=O)C(=O)N2CCN(C)C)cc1OCC. The number of aliphatic hydroxyl groups is 1. The summed E-state index contributed by atoms with van der Waals surface area (Å²) in [6, 6.07) is 13.4. The van der Waals surface area contributed by atoms with Crippen molar-refractivity contribution in [2.75, 3.05) is 40.4 Å². The standard InChI is InChI=1S/C25H30N2O5/c1-5-31-19-13-12-18(16-20(19)32-6-2)22-21(23(28)17-10-8-7-9-11-17)24(29)25(30)27(22)15-14-26(3)4/h7-13,16,22,28H,5-6,14-15H2,1-4H3/b23-21+.